The second kappa shape index (κ2) is 6.88. The maximum Gasteiger partial charge on any atom is 0.286 e. The van der Waals surface area contributed by atoms with E-state index in [4.69, 9.17) is 12.2 Å². The van der Waals surface area contributed by atoms with Crippen LogP contribution in [0.5, 0.6) is 0 Å². The predicted molar refractivity (Wildman–Crippen MR) is 112 cm³/mol. The van der Waals surface area contributed by atoms with E-state index in [1.54, 1.807) is 25.2 Å². The maximum atomic E-state index is 13.0. The number of benzene rings is 2. The van der Waals surface area contributed by atoms with Gasteiger partial charge in [-0.05, 0) is 36.8 Å². The molecule has 0 unspecified atom stereocenters. The summed E-state index contributed by atoms with van der Waals surface area (Å²) in [6, 6.07) is 14.3. The molecule has 28 heavy (non-hydrogen) atoms. The Morgan fingerprint density at radius 1 is 1.04 bits per heavy atom. The van der Waals surface area contributed by atoms with Gasteiger partial charge in [-0.2, -0.15) is 5.01 Å². The number of aryl methyl sites for hydroxylation is 1. The average Bonchev–Trinajstić information content (AvgIpc) is 3.10. The minimum atomic E-state index is -0.509. The van der Waals surface area contributed by atoms with Gasteiger partial charge in [-0.25, -0.2) is 0 Å². The van der Waals surface area contributed by atoms with Gasteiger partial charge in [-0.1, -0.05) is 48.2 Å². The molecular formula is C20H15N3O3S2. The second-order valence-corrected chi connectivity index (χ2v) is 7.99. The number of hydrogen-bond donors (Lipinski definition) is 1. The molecule has 0 spiro atoms. The number of carbonyl (C=O) groups excluding carboxylic acids is 3. The lowest BCUT2D eigenvalue weighted by molar-refractivity contribution is -0.124. The minimum absolute atomic E-state index is 0.175. The van der Waals surface area contributed by atoms with Crippen LogP contribution in [0.15, 0.2) is 53.4 Å². The van der Waals surface area contributed by atoms with Crippen LogP contribution in [0.25, 0.3) is 5.57 Å². The van der Waals surface area contributed by atoms with Crippen LogP contribution >= 0.6 is 24.0 Å². The first-order chi connectivity index (χ1) is 13.4. The van der Waals surface area contributed by atoms with Gasteiger partial charge in [0.25, 0.3) is 17.7 Å². The third kappa shape index (κ3) is 2.81. The van der Waals surface area contributed by atoms with Gasteiger partial charge in [0.15, 0.2) is 4.32 Å². The molecule has 2 aromatic carbocycles. The Bertz CT molecular complexity index is 1090. The van der Waals surface area contributed by atoms with Crippen molar-refractivity contribution in [3.63, 3.8) is 0 Å². The van der Waals surface area contributed by atoms with Crippen LogP contribution in [0.1, 0.15) is 21.5 Å². The van der Waals surface area contributed by atoms with Crippen LogP contribution in [0.3, 0.4) is 0 Å². The van der Waals surface area contributed by atoms with Gasteiger partial charge in [0, 0.05) is 18.2 Å². The number of thiocarbonyl (C=S) groups is 1. The molecule has 0 aliphatic carbocycles. The molecule has 1 saturated heterocycles. The average molecular weight is 409 g/mol. The molecule has 3 amide bonds. The number of hydrazine groups is 1. The summed E-state index contributed by atoms with van der Waals surface area (Å²) in [5, 5.41) is 1.03. The van der Waals surface area contributed by atoms with Gasteiger partial charge in [0.05, 0.1) is 16.2 Å². The Hall–Kier alpha value is -2.97. The van der Waals surface area contributed by atoms with Crippen molar-refractivity contribution in [2.75, 3.05) is 11.9 Å². The summed E-state index contributed by atoms with van der Waals surface area (Å²) in [6.45, 7) is 1.81. The topological polar surface area (TPSA) is 69.7 Å². The van der Waals surface area contributed by atoms with Crippen molar-refractivity contribution in [2.24, 2.45) is 0 Å². The molecule has 2 aromatic rings. The maximum absolute atomic E-state index is 13.0. The molecule has 4 rings (SSSR count). The minimum Gasteiger partial charge on any atom is -0.311 e. The van der Waals surface area contributed by atoms with Gasteiger partial charge in [-0.15, -0.1) is 0 Å². The van der Waals surface area contributed by atoms with Crippen LogP contribution in [-0.2, 0) is 9.59 Å². The van der Waals surface area contributed by atoms with Gasteiger partial charge in [-0.3, -0.25) is 19.8 Å². The number of amides is 3. The summed E-state index contributed by atoms with van der Waals surface area (Å²) in [5.74, 6) is -1.21. The summed E-state index contributed by atoms with van der Waals surface area (Å²) < 4.78 is 0.175. The van der Waals surface area contributed by atoms with Gasteiger partial charge in [0.1, 0.15) is 0 Å². The summed E-state index contributed by atoms with van der Waals surface area (Å²) in [5.41, 5.74) is 5.52. The highest BCUT2D eigenvalue weighted by atomic mass is 32.2. The van der Waals surface area contributed by atoms with Crippen LogP contribution in [-0.4, -0.2) is 34.1 Å². The van der Waals surface area contributed by atoms with Crippen LogP contribution in [0, 0.1) is 6.92 Å². The third-order valence-electron chi connectivity index (χ3n) is 4.65. The summed E-state index contributed by atoms with van der Waals surface area (Å²) in [4.78, 5) is 40.1. The van der Waals surface area contributed by atoms with E-state index in [1.165, 1.54) is 4.90 Å². The van der Waals surface area contributed by atoms with E-state index < -0.39 is 11.8 Å². The Morgan fingerprint density at radius 2 is 1.71 bits per heavy atom. The fourth-order valence-corrected chi connectivity index (χ4v) is 4.45. The number of anilines is 1. The zero-order chi connectivity index (χ0) is 20.0. The first kappa shape index (κ1) is 18.4. The smallest absolute Gasteiger partial charge is 0.286 e. The third-order valence-corrected chi connectivity index (χ3v) is 6.03. The number of hydrogen-bond acceptors (Lipinski definition) is 5. The fourth-order valence-electron chi connectivity index (χ4n) is 3.19. The van der Waals surface area contributed by atoms with E-state index in [0.717, 1.165) is 28.0 Å². The highest BCUT2D eigenvalue weighted by molar-refractivity contribution is 8.26. The summed E-state index contributed by atoms with van der Waals surface area (Å²) >= 11 is 6.31. The Labute approximate surface area is 171 Å². The van der Waals surface area contributed by atoms with E-state index in [2.05, 4.69) is 5.43 Å². The zero-order valence-electron chi connectivity index (χ0n) is 15.1. The fraction of sp³-hybridized carbons (Fsp3) is 0.100. The van der Waals surface area contributed by atoms with Gasteiger partial charge in [0.2, 0.25) is 0 Å². The molecule has 0 saturated carbocycles. The molecule has 8 heteroatoms. The van der Waals surface area contributed by atoms with Crippen molar-refractivity contribution in [3.05, 3.63) is 70.1 Å². The Kier molecular flexibility index (Phi) is 4.52. The molecule has 0 radical (unpaired) electrons. The number of nitrogens with one attached hydrogen (secondary N) is 1. The van der Waals surface area contributed by atoms with Crippen LogP contribution in [0.2, 0.25) is 0 Å². The van der Waals surface area contributed by atoms with Crippen LogP contribution in [0.4, 0.5) is 5.69 Å². The lowest BCUT2D eigenvalue weighted by atomic mass is 10.1. The van der Waals surface area contributed by atoms with E-state index in [-0.39, 0.29) is 15.1 Å². The SMILES string of the molecule is Cc1ccccc1C(=O)NN1C(=O)/C(=C2/C(=O)N(C)c3ccccc32)SC1=S. The normalized spacial score (nSPS) is 18.7. The van der Waals surface area contributed by atoms with Gasteiger partial charge >= 0.3 is 0 Å². The second-order valence-electron chi connectivity index (χ2n) is 6.35. The Balaban J connectivity index is 1.69. The highest BCUT2D eigenvalue weighted by Crippen LogP contribution is 2.43. The van der Waals surface area contributed by atoms with E-state index in [9.17, 15) is 14.4 Å². The lowest BCUT2D eigenvalue weighted by Gasteiger charge is -2.16. The molecule has 0 aromatic heterocycles. The first-order valence-electron chi connectivity index (χ1n) is 8.44. The van der Waals surface area contributed by atoms with Crippen LogP contribution < -0.4 is 10.3 Å². The number of para-hydroxylation sites is 1. The van der Waals surface area contributed by atoms with E-state index >= 15 is 0 Å². The van der Waals surface area contributed by atoms with Gasteiger partial charge < -0.3 is 4.90 Å². The predicted octanol–water partition coefficient (Wildman–Crippen LogP) is 2.89. The molecule has 1 N–H and O–H groups in total. The molecular weight excluding hydrogens is 394 g/mol. The highest BCUT2D eigenvalue weighted by Gasteiger charge is 2.41. The zero-order valence-corrected chi connectivity index (χ0v) is 16.7. The summed E-state index contributed by atoms with van der Waals surface area (Å²) in [7, 11) is 1.66. The van der Waals surface area contributed by atoms with E-state index in [0.29, 0.717) is 16.7 Å². The number of rotatable bonds is 2. The lowest BCUT2D eigenvalue weighted by Crippen LogP contribution is -2.45. The number of fused-ring (bicyclic) bond motifs is 1. The standard InChI is InChI=1S/C20H15N3O3S2/c1-11-7-3-4-8-12(11)17(24)21-23-19(26)16(28-20(23)27)15-13-9-5-6-10-14(13)22(2)18(15)25/h3-10H,1-2H3,(H,21,24)/b16-15-. The number of thioether (sulfide) groups is 1. The molecule has 2 aliphatic heterocycles. The first-order valence-corrected chi connectivity index (χ1v) is 9.67. The number of nitrogens with zero attached hydrogens (tertiary/aromatic N) is 2. The Morgan fingerprint density at radius 3 is 2.46 bits per heavy atom. The largest absolute Gasteiger partial charge is 0.311 e. The van der Waals surface area contributed by atoms with Crippen molar-refractivity contribution in [1.29, 1.82) is 0 Å². The molecule has 140 valence electrons. The molecule has 0 atom stereocenters. The molecule has 6 nitrogen and oxygen atoms in total. The van der Waals surface area contributed by atoms with Crippen molar-refractivity contribution in [2.45, 2.75) is 6.92 Å². The molecule has 2 heterocycles. The summed E-state index contributed by atoms with van der Waals surface area (Å²) in [6.07, 6.45) is 0. The molecule has 1 fully saturated rings. The molecule has 0 bridgehead atoms. The van der Waals surface area contributed by atoms with Crippen molar-refractivity contribution in [1.82, 2.24) is 10.4 Å². The van der Waals surface area contributed by atoms with E-state index in [1.807, 2.05) is 37.3 Å². The number of likely N-dealkylation sites (N-methyl/N-ethyl adjacent to an activating group) is 1. The van der Waals surface area contributed by atoms with Crippen molar-refractivity contribution < 1.29 is 14.4 Å². The van der Waals surface area contributed by atoms with Crippen molar-refractivity contribution >= 4 is 57.3 Å². The molecule has 2 aliphatic rings. The quantitative estimate of drug-likeness (QED) is 0.610. The van der Waals surface area contributed by atoms with Crippen molar-refractivity contribution in [3.8, 4) is 0 Å². The monoisotopic (exact) mass is 409 g/mol. The number of carbonyl (C=O) groups is 3.